The van der Waals surface area contributed by atoms with E-state index in [1.54, 1.807) is 6.20 Å². The topological polar surface area (TPSA) is 108 Å². The first-order chi connectivity index (χ1) is 18.1. The van der Waals surface area contributed by atoms with Crippen molar-refractivity contribution in [3.63, 3.8) is 0 Å². The first-order valence-corrected chi connectivity index (χ1v) is 14.2. The predicted octanol–water partition coefficient (Wildman–Crippen LogP) is 6.39. The Morgan fingerprint density at radius 2 is 1.92 bits per heavy atom. The minimum absolute atomic E-state index is 0.00165. The highest BCUT2D eigenvalue weighted by Gasteiger charge is 2.60. The average Bonchev–Trinajstić information content (AvgIpc) is 3.35. The fourth-order valence-corrected chi connectivity index (χ4v) is 8.54. The van der Waals surface area contributed by atoms with Crippen LogP contribution in [0.5, 0.6) is 0 Å². The zero-order valence-electron chi connectivity index (χ0n) is 21.4. The molecule has 0 aliphatic heterocycles. The van der Waals surface area contributed by atoms with Crippen LogP contribution in [0.15, 0.2) is 34.9 Å². The van der Waals surface area contributed by atoms with Gasteiger partial charge in [-0.2, -0.15) is 9.78 Å². The summed E-state index contributed by atoms with van der Waals surface area (Å²) in [5, 5.41) is 24.4. The number of nitro groups is 1. The Morgan fingerprint density at radius 1 is 1.21 bits per heavy atom. The second kappa shape index (κ2) is 9.19. The van der Waals surface area contributed by atoms with Crippen LogP contribution in [0.3, 0.4) is 0 Å². The number of nitrogens with one attached hydrogen (secondary N) is 1. The highest BCUT2D eigenvalue weighted by atomic mass is 79.9. The van der Waals surface area contributed by atoms with E-state index in [-0.39, 0.29) is 22.7 Å². The lowest BCUT2D eigenvalue weighted by molar-refractivity contribution is -0.390. The molecule has 1 amide bonds. The number of aromatic nitrogens is 4. The maximum absolute atomic E-state index is 13.5. The van der Waals surface area contributed by atoms with Crippen molar-refractivity contribution in [2.45, 2.75) is 70.9 Å². The van der Waals surface area contributed by atoms with Gasteiger partial charge in [-0.05, 0) is 102 Å². The Kier molecular flexibility index (Phi) is 6.18. The van der Waals surface area contributed by atoms with Crippen molar-refractivity contribution in [2.24, 2.45) is 17.3 Å². The van der Waals surface area contributed by atoms with Gasteiger partial charge in [0.1, 0.15) is 4.47 Å². The maximum Gasteiger partial charge on any atom is 0.404 e. The van der Waals surface area contributed by atoms with Crippen LogP contribution in [-0.2, 0) is 16.9 Å². The van der Waals surface area contributed by atoms with E-state index in [0.29, 0.717) is 34.3 Å². The molecule has 11 heteroatoms. The van der Waals surface area contributed by atoms with Gasteiger partial charge in [0.15, 0.2) is 0 Å². The molecule has 4 aliphatic rings. The monoisotopic (exact) mass is 600 g/mol. The summed E-state index contributed by atoms with van der Waals surface area (Å²) in [4.78, 5) is 24.5. The van der Waals surface area contributed by atoms with E-state index in [4.69, 9.17) is 11.6 Å². The molecule has 0 saturated heterocycles. The lowest BCUT2D eigenvalue weighted by atomic mass is 9.46. The van der Waals surface area contributed by atoms with Crippen molar-refractivity contribution in [3.05, 3.63) is 67.0 Å². The first kappa shape index (κ1) is 25.6. The normalized spacial score (nSPS) is 27.6. The van der Waals surface area contributed by atoms with Crippen LogP contribution in [-0.4, -0.2) is 30.4 Å². The largest absolute Gasteiger partial charge is 0.404 e. The van der Waals surface area contributed by atoms with Crippen LogP contribution >= 0.6 is 27.5 Å². The van der Waals surface area contributed by atoms with Crippen LogP contribution in [0.4, 0.5) is 11.5 Å². The zero-order chi connectivity index (χ0) is 26.8. The molecule has 2 unspecified atom stereocenters. The predicted molar refractivity (Wildman–Crippen MR) is 147 cm³/mol. The van der Waals surface area contributed by atoms with Crippen molar-refractivity contribution in [1.82, 2.24) is 19.6 Å². The number of rotatable bonds is 7. The molecule has 200 valence electrons. The van der Waals surface area contributed by atoms with E-state index >= 15 is 0 Å². The van der Waals surface area contributed by atoms with Gasteiger partial charge < -0.3 is 15.4 Å². The minimum Gasteiger partial charge on any atom is -0.358 e. The molecule has 0 spiro atoms. The van der Waals surface area contributed by atoms with Gasteiger partial charge in [-0.25, -0.2) is 0 Å². The summed E-state index contributed by atoms with van der Waals surface area (Å²) in [6, 6.07) is 7.70. The fourth-order valence-electron chi connectivity index (χ4n) is 7.93. The van der Waals surface area contributed by atoms with Gasteiger partial charge in [-0.1, -0.05) is 29.8 Å². The molecule has 2 heterocycles. The van der Waals surface area contributed by atoms with Gasteiger partial charge in [0.05, 0.1) is 40.5 Å². The van der Waals surface area contributed by atoms with E-state index in [2.05, 4.69) is 31.4 Å². The molecule has 4 fully saturated rings. The lowest BCUT2D eigenvalue weighted by Crippen LogP contribution is -2.57. The van der Waals surface area contributed by atoms with E-state index in [9.17, 15) is 14.9 Å². The number of aryl methyl sites for hydroxylation is 1. The Balaban J connectivity index is 1.22. The number of halogens is 2. The van der Waals surface area contributed by atoms with E-state index in [1.807, 2.05) is 47.5 Å². The second-order valence-electron chi connectivity index (χ2n) is 11.7. The number of nitrogens with zero attached hydrogens (tertiary/aromatic N) is 5. The molecule has 4 saturated carbocycles. The third-order valence-corrected chi connectivity index (χ3v) is 9.85. The van der Waals surface area contributed by atoms with Gasteiger partial charge in [-0.3, -0.25) is 9.48 Å². The minimum atomic E-state index is -0.444. The fraction of sp³-hybridized carbons (Fsp3) is 0.519. The van der Waals surface area contributed by atoms with E-state index in [1.165, 1.54) is 6.42 Å². The molecule has 1 aromatic carbocycles. The second-order valence-corrected chi connectivity index (χ2v) is 13.0. The van der Waals surface area contributed by atoms with Crippen LogP contribution in [0.25, 0.3) is 0 Å². The molecular formula is C27H30BrClN6O3. The van der Waals surface area contributed by atoms with Crippen molar-refractivity contribution < 1.29 is 9.72 Å². The molecule has 9 nitrogen and oxygen atoms in total. The van der Waals surface area contributed by atoms with Crippen molar-refractivity contribution in [3.8, 4) is 0 Å². The Morgan fingerprint density at radius 3 is 2.58 bits per heavy atom. The summed E-state index contributed by atoms with van der Waals surface area (Å²) in [6.45, 7) is 4.41. The third-order valence-electron chi connectivity index (χ3n) is 8.92. The molecule has 1 N–H and O–H groups in total. The number of benzene rings is 1. The summed E-state index contributed by atoms with van der Waals surface area (Å²) in [6.07, 6.45) is 8.15. The Labute approximate surface area is 234 Å². The van der Waals surface area contributed by atoms with Crippen molar-refractivity contribution in [1.29, 1.82) is 0 Å². The highest BCUT2D eigenvalue weighted by Crippen LogP contribution is 2.65. The Hall–Kier alpha value is -2.72. The molecule has 7 rings (SSSR count). The highest BCUT2D eigenvalue weighted by molar-refractivity contribution is 9.10. The molecule has 4 bridgehead atoms. The van der Waals surface area contributed by atoms with Crippen molar-refractivity contribution >= 4 is 44.9 Å². The number of amides is 1. The summed E-state index contributed by atoms with van der Waals surface area (Å²) in [5.41, 5.74) is 3.00. The number of hydrogen-bond acceptors (Lipinski definition) is 5. The van der Waals surface area contributed by atoms with E-state index < -0.39 is 4.92 Å². The summed E-state index contributed by atoms with van der Waals surface area (Å²) in [7, 11) is 0. The van der Waals surface area contributed by atoms with E-state index in [0.717, 1.165) is 54.7 Å². The quantitative estimate of drug-likeness (QED) is 0.249. The smallest absolute Gasteiger partial charge is 0.358 e. The van der Waals surface area contributed by atoms with Crippen LogP contribution in [0.1, 0.15) is 61.9 Å². The van der Waals surface area contributed by atoms with Crippen LogP contribution < -0.4 is 5.32 Å². The van der Waals surface area contributed by atoms with Gasteiger partial charge in [-0.15, -0.1) is 0 Å². The number of carbonyl (C=O) groups is 1. The van der Waals surface area contributed by atoms with Gasteiger partial charge in [0.2, 0.25) is 5.91 Å². The third kappa shape index (κ3) is 4.35. The van der Waals surface area contributed by atoms with Crippen LogP contribution in [0.2, 0.25) is 5.02 Å². The van der Waals surface area contributed by atoms with Gasteiger partial charge >= 0.3 is 5.82 Å². The summed E-state index contributed by atoms with van der Waals surface area (Å²) in [5.74, 6) is 0.867. The SMILES string of the molecule is Cc1nn(Cc2ccccc2Cl)c(C)c1NC(=O)CC12CC3CC(C1)CC(n1cc(Br)c([N+](=O)[O-])n1)(C3)C2. The average molecular weight is 602 g/mol. The molecule has 38 heavy (non-hydrogen) atoms. The Bertz CT molecular complexity index is 1430. The molecule has 3 aromatic rings. The molecular weight excluding hydrogens is 572 g/mol. The summed E-state index contributed by atoms with van der Waals surface area (Å²) >= 11 is 9.68. The first-order valence-electron chi connectivity index (χ1n) is 13.0. The summed E-state index contributed by atoms with van der Waals surface area (Å²) < 4.78 is 4.13. The molecule has 4 aliphatic carbocycles. The lowest BCUT2D eigenvalue weighted by Gasteiger charge is -2.61. The van der Waals surface area contributed by atoms with Crippen LogP contribution in [0, 0.1) is 41.2 Å². The molecule has 2 aromatic heterocycles. The van der Waals surface area contributed by atoms with Gasteiger partial charge in [0, 0.05) is 11.4 Å². The zero-order valence-corrected chi connectivity index (χ0v) is 23.8. The standard InChI is InChI=1S/C27H30BrClN6O3/c1-16-24(17(2)33(31-16)13-20-5-3-4-6-22(20)29)30-23(36)12-26-8-18-7-19(9-26)11-27(10-18,15-26)34-14-21(28)25(32-34)35(37)38/h3-6,14,18-19H,7-13,15H2,1-2H3,(H,30,36). The number of hydrogen-bond donors (Lipinski definition) is 1. The van der Waals surface area contributed by atoms with Crippen molar-refractivity contribution in [2.75, 3.05) is 5.32 Å². The number of anilines is 1. The molecule has 2 atom stereocenters. The van der Waals surface area contributed by atoms with Gasteiger partial charge in [0.25, 0.3) is 0 Å². The number of carbonyl (C=O) groups excluding carboxylic acids is 1. The maximum atomic E-state index is 13.5. The molecule has 0 radical (unpaired) electrons.